The first-order valence-corrected chi connectivity index (χ1v) is 11.1. The van der Waals surface area contributed by atoms with E-state index < -0.39 is 18.0 Å². The Labute approximate surface area is 198 Å². The first-order valence-electron chi connectivity index (χ1n) is 11.1. The van der Waals surface area contributed by atoms with E-state index in [0.717, 1.165) is 22.3 Å². The molecule has 0 saturated carbocycles. The number of amides is 2. The zero-order valence-corrected chi connectivity index (χ0v) is 19.0. The topological polar surface area (TPSA) is 95.9 Å². The molecule has 0 bridgehead atoms. The third kappa shape index (κ3) is 4.50. The SMILES string of the molecule is CC(CNC(=O)OCC1c2ccccc2-c2ccccc21)C(=O)N(C)c1ccccc1C(=O)O. The van der Waals surface area contributed by atoms with Gasteiger partial charge in [0.15, 0.2) is 0 Å². The summed E-state index contributed by atoms with van der Waals surface area (Å²) in [6, 6.07) is 22.5. The highest BCUT2D eigenvalue weighted by Crippen LogP contribution is 2.44. The summed E-state index contributed by atoms with van der Waals surface area (Å²) in [5.74, 6) is -2.05. The predicted octanol–water partition coefficient (Wildman–Crippen LogP) is 4.52. The molecule has 2 N–H and O–H groups in total. The normalized spacial score (nSPS) is 12.9. The predicted molar refractivity (Wildman–Crippen MR) is 129 cm³/mol. The highest BCUT2D eigenvalue weighted by molar-refractivity contribution is 6.02. The molecule has 0 spiro atoms. The minimum absolute atomic E-state index is 0.0371. The second-order valence-corrected chi connectivity index (χ2v) is 8.33. The number of carbonyl (C=O) groups is 3. The maximum atomic E-state index is 12.8. The summed E-state index contributed by atoms with van der Waals surface area (Å²) >= 11 is 0. The quantitative estimate of drug-likeness (QED) is 0.543. The zero-order chi connectivity index (χ0) is 24.2. The number of carboxylic acids is 1. The van der Waals surface area contributed by atoms with Gasteiger partial charge in [-0.05, 0) is 34.4 Å². The Morgan fingerprint density at radius 3 is 2.12 bits per heavy atom. The van der Waals surface area contributed by atoms with Crippen molar-refractivity contribution in [3.05, 3.63) is 89.5 Å². The van der Waals surface area contributed by atoms with Gasteiger partial charge in [-0.3, -0.25) is 4.79 Å². The van der Waals surface area contributed by atoms with Gasteiger partial charge in [-0.1, -0.05) is 67.6 Å². The molecule has 2 amide bonds. The van der Waals surface area contributed by atoms with Crippen molar-refractivity contribution < 1.29 is 24.2 Å². The lowest BCUT2D eigenvalue weighted by Gasteiger charge is -2.23. The molecule has 1 aliphatic rings. The van der Waals surface area contributed by atoms with Crippen LogP contribution in [0.25, 0.3) is 11.1 Å². The molecule has 3 aromatic carbocycles. The number of nitrogens with one attached hydrogen (secondary N) is 1. The Morgan fingerprint density at radius 2 is 1.50 bits per heavy atom. The van der Waals surface area contributed by atoms with Crippen LogP contribution in [0.1, 0.15) is 34.3 Å². The Balaban J connectivity index is 1.34. The van der Waals surface area contributed by atoms with Crippen molar-refractivity contribution in [2.45, 2.75) is 12.8 Å². The molecule has 34 heavy (non-hydrogen) atoms. The number of carboxylic acid groups (broad SMARTS) is 1. The van der Waals surface area contributed by atoms with Crippen molar-refractivity contribution in [3.63, 3.8) is 0 Å². The lowest BCUT2D eigenvalue weighted by Crippen LogP contribution is -2.39. The van der Waals surface area contributed by atoms with Gasteiger partial charge in [0, 0.05) is 19.5 Å². The van der Waals surface area contributed by atoms with E-state index in [-0.39, 0.29) is 30.5 Å². The van der Waals surface area contributed by atoms with Crippen LogP contribution >= 0.6 is 0 Å². The molecule has 1 atom stereocenters. The van der Waals surface area contributed by atoms with E-state index >= 15 is 0 Å². The number of para-hydroxylation sites is 1. The lowest BCUT2D eigenvalue weighted by molar-refractivity contribution is -0.121. The fraction of sp³-hybridized carbons (Fsp3) is 0.222. The second-order valence-electron chi connectivity index (χ2n) is 8.33. The van der Waals surface area contributed by atoms with E-state index in [4.69, 9.17) is 4.74 Å². The Hall–Kier alpha value is -4.13. The number of hydrogen-bond donors (Lipinski definition) is 2. The molecule has 3 aromatic rings. The number of hydrogen-bond acceptors (Lipinski definition) is 4. The molecule has 0 heterocycles. The second kappa shape index (κ2) is 9.79. The summed E-state index contributed by atoms with van der Waals surface area (Å²) < 4.78 is 5.51. The number of rotatable bonds is 7. The monoisotopic (exact) mass is 458 g/mol. The number of ether oxygens (including phenoxy) is 1. The number of alkyl carbamates (subject to hydrolysis) is 1. The van der Waals surface area contributed by atoms with Crippen molar-refractivity contribution in [2.75, 3.05) is 25.1 Å². The molecule has 0 radical (unpaired) electrons. The van der Waals surface area contributed by atoms with Crippen LogP contribution in [0.4, 0.5) is 10.5 Å². The third-order valence-electron chi connectivity index (χ3n) is 6.14. The molecule has 0 fully saturated rings. The van der Waals surface area contributed by atoms with Crippen molar-refractivity contribution in [2.24, 2.45) is 5.92 Å². The summed E-state index contributed by atoms with van der Waals surface area (Å²) in [5, 5.41) is 12.0. The van der Waals surface area contributed by atoms with Gasteiger partial charge in [0.2, 0.25) is 5.91 Å². The van der Waals surface area contributed by atoms with Crippen LogP contribution in [-0.2, 0) is 9.53 Å². The molecule has 1 aliphatic carbocycles. The highest BCUT2D eigenvalue weighted by atomic mass is 16.5. The lowest BCUT2D eigenvalue weighted by atomic mass is 9.98. The summed E-state index contributed by atoms with van der Waals surface area (Å²) in [5.41, 5.74) is 4.88. The van der Waals surface area contributed by atoms with Crippen LogP contribution in [0, 0.1) is 5.92 Å². The fourth-order valence-electron chi connectivity index (χ4n) is 4.37. The van der Waals surface area contributed by atoms with Gasteiger partial charge in [0.1, 0.15) is 6.61 Å². The first-order chi connectivity index (χ1) is 16.4. The van der Waals surface area contributed by atoms with Crippen molar-refractivity contribution in [1.82, 2.24) is 5.32 Å². The van der Waals surface area contributed by atoms with Gasteiger partial charge >= 0.3 is 12.1 Å². The number of benzene rings is 3. The summed E-state index contributed by atoms with van der Waals surface area (Å²) in [6.07, 6.45) is -0.602. The van der Waals surface area contributed by atoms with E-state index in [1.807, 2.05) is 36.4 Å². The summed E-state index contributed by atoms with van der Waals surface area (Å²) in [6.45, 7) is 1.93. The smallest absolute Gasteiger partial charge is 0.407 e. The van der Waals surface area contributed by atoms with E-state index in [9.17, 15) is 19.5 Å². The number of fused-ring (bicyclic) bond motifs is 3. The van der Waals surface area contributed by atoms with Crippen LogP contribution in [0.2, 0.25) is 0 Å². The van der Waals surface area contributed by atoms with Crippen molar-refractivity contribution in [3.8, 4) is 11.1 Å². The van der Waals surface area contributed by atoms with Crippen LogP contribution in [0.5, 0.6) is 0 Å². The van der Waals surface area contributed by atoms with Gasteiger partial charge in [0.05, 0.1) is 17.2 Å². The zero-order valence-electron chi connectivity index (χ0n) is 19.0. The molecule has 174 valence electrons. The maximum absolute atomic E-state index is 12.8. The number of carbonyl (C=O) groups excluding carboxylic acids is 2. The largest absolute Gasteiger partial charge is 0.478 e. The van der Waals surface area contributed by atoms with Gasteiger partial charge in [-0.2, -0.15) is 0 Å². The van der Waals surface area contributed by atoms with Crippen LogP contribution in [0.3, 0.4) is 0 Å². The fourth-order valence-corrected chi connectivity index (χ4v) is 4.37. The number of aromatic carboxylic acids is 1. The van der Waals surface area contributed by atoms with Gasteiger partial charge in [-0.25, -0.2) is 9.59 Å². The van der Waals surface area contributed by atoms with Crippen LogP contribution in [0.15, 0.2) is 72.8 Å². The molecular formula is C27H26N2O5. The average Bonchev–Trinajstić information content (AvgIpc) is 3.18. The number of nitrogens with zero attached hydrogens (tertiary/aromatic N) is 1. The van der Waals surface area contributed by atoms with E-state index in [0.29, 0.717) is 5.69 Å². The summed E-state index contributed by atoms with van der Waals surface area (Å²) in [4.78, 5) is 38.0. The van der Waals surface area contributed by atoms with Crippen LogP contribution in [-0.4, -0.2) is 43.3 Å². The maximum Gasteiger partial charge on any atom is 0.407 e. The molecule has 0 saturated heterocycles. The molecular weight excluding hydrogens is 432 g/mol. The highest BCUT2D eigenvalue weighted by Gasteiger charge is 2.29. The Bertz CT molecular complexity index is 1190. The first kappa shape index (κ1) is 23.0. The minimum Gasteiger partial charge on any atom is -0.478 e. The molecule has 4 rings (SSSR count). The Kier molecular flexibility index (Phi) is 6.63. The van der Waals surface area contributed by atoms with E-state index in [2.05, 4.69) is 17.4 Å². The Morgan fingerprint density at radius 1 is 0.941 bits per heavy atom. The van der Waals surface area contributed by atoms with Crippen molar-refractivity contribution >= 4 is 23.7 Å². The van der Waals surface area contributed by atoms with Crippen LogP contribution < -0.4 is 10.2 Å². The van der Waals surface area contributed by atoms with Gasteiger partial charge in [-0.15, -0.1) is 0 Å². The molecule has 0 aliphatic heterocycles. The molecule has 7 heteroatoms. The van der Waals surface area contributed by atoms with Gasteiger partial charge in [0.25, 0.3) is 0 Å². The standard InChI is InChI=1S/C27H26N2O5/c1-17(25(30)29(2)24-14-8-7-13-22(24)26(31)32)15-28-27(33)34-16-23-20-11-5-3-9-18(20)19-10-4-6-12-21(19)23/h3-14,17,23H,15-16H2,1-2H3,(H,28,33)(H,31,32). The molecule has 0 aromatic heterocycles. The van der Waals surface area contributed by atoms with E-state index in [1.54, 1.807) is 25.1 Å². The van der Waals surface area contributed by atoms with Crippen molar-refractivity contribution in [1.29, 1.82) is 0 Å². The summed E-state index contributed by atoms with van der Waals surface area (Å²) in [7, 11) is 1.52. The van der Waals surface area contributed by atoms with E-state index in [1.165, 1.54) is 18.0 Å². The molecule has 1 unspecified atom stereocenters. The number of anilines is 1. The average molecular weight is 459 g/mol. The van der Waals surface area contributed by atoms with Gasteiger partial charge < -0.3 is 20.1 Å². The third-order valence-corrected chi connectivity index (χ3v) is 6.14. The minimum atomic E-state index is -1.11. The molecule has 7 nitrogen and oxygen atoms in total.